The quantitative estimate of drug-likeness (QED) is 0.684. The van der Waals surface area contributed by atoms with Crippen LogP contribution in [0.5, 0.6) is 0 Å². The summed E-state index contributed by atoms with van der Waals surface area (Å²) in [7, 11) is 0. The molecule has 0 atom stereocenters. The van der Waals surface area contributed by atoms with Crippen LogP contribution in [-0.4, -0.2) is 61.8 Å². The molecule has 2 fully saturated rings. The molecule has 144 valence electrons. The Morgan fingerprint density at radius 3 is 2.36 bits per heavy atom. The highest BCUT2D eigenvalue weighted by Gasteiger charge is 2.40. The van der Waals surface area contributed by atoms with Crippen molar-refractivity contribution in [2.24, 2.45) is 5.92 Å². The Morgan fingerprint density at radius 1 is 1.16 bits per heavy atom. The van der Waals surface area contributed by atoms with Crippen LogP contribution in [0, 0.1) is 5.92 Å². The van der Waals surface area contributed by atoms with Crippen molar-refractivity contribution < 1.29 is 37.0 Å². The zero-order chi connectivity index (χ0) is 18.4. The largest absolute Gasteiger partial charge is 0.522 e. The zero-order valence-corrected chi connectivity index (χ0v) is 14.0. The van der Waals surface area contributed by atoms with Gasteiger partial charge in [-0.3, -0.25) is 19.8 Å². The van der Waals surface area contributed by atoms with Gasteiger partial charge in [-0.05, 0) is 19.8 Å². The van der Waals surface area contributed by atoms with Crippen molar-refractivity contribution in [1.29, 1.82) is 0 Å². The predicted molar refractivity (Wildman–Crippen MR) is 79.0 cm³/mol. The molecule has 0 aromatic carbocycles. The Bertz CT molecular complexity index is 461. The summed E-state index contributed by atoms with van der Waals surface area (Å²) in [6.07, 6.45) is -4.49. The Kier molecular flexibility index (Phi) is 7.03. The summed E-state index contributed by atoms with van der Waals surface area (Å²) in [5.41, 5.74) is 2.67. The van der Waals surface area contributed by atoms with E-state index in [0.717, 1.165) is 0 Å². The normalized spacial score (nSPS) is 25.3. The molecule has 1 amide bonds. The van der Waals surface area contributed by atoms with Crippen molar-refractivity contribution in [2.75, 3.05) is 26.3 Å². The number of hydrogen-bond donors (Lipinski definition) is 1. The third-order valence-electron chi connectivity index (χ3n) is 4.20. The highest BCUT2D eigenvalue weighted by molar-refractivity contribution is 5.76. The molecule has 7 nitrogen and oxygen atoms in total. The molecule has 0 aromatic heterocycles. The molecule has 0 spiro atoms. The molecule has 25 heavy (non-hydrogen) atoms. The van der Waals surface area contributed by atoms with Crippen LogP contribution >= 0.6 is 0 Å². The third-order valence-corrected chi connectivity index (χ3v) is 4.20. The maximum absolute atomic E-state index is 12.0. The number of rotatable bonds is 7. The first kappa shape index (κ1) is 19.9. The molecule has 0 unspecified atom stereocenters. The van der Waals surface area contributed by atoms with E-state index in [9.17, 15) is 22.8 Å². The van der Waals surface area contributed by atoms with Crippen LogP contribution in [0.4, 0.5) is 13.2 Å². The molecule has 1 aliphatic heterocycles. The summed E-state index contributed by atoms with van der Waals surface area (Å²) < 4.78 is 50.0. The Morgan fingerprint density at radius 2 is 1.80 bits per heavy atom. The van der Waals surface area contributed by atoms with E-state index >= 15 is 0 Å². The lowest BCUT2D eigenvalue weighted by molar-refractivity contribution is -0.357. The second kappa shape index (κ2) is 8.81. The van der Waals surface area contributed by atoms with E-state index in [0.29, 0.717) is 32.5 Å². The van der Waals surface area contributed by atoms with Crippen LogP contribution in [0.15, 0.2) is 0 Å². The van der Waals surface area contributed by atoms with Crippen LogP contribution in [0.25, 0.3) is 0 Å². The van der Waals surface area contributed by atoms with Gasteiger partial charge in [0.15, 0.2) is 0 Å². The fourth-order valence-electron chi connectivity index (χ4n) is 2.83. The van der Waals surface area contributed by atoms with E-state index in [1.807, 2.05) is 0 Å². The molecule has 0 aromatic rings. The molecule has 1 heterocycles. The maximum atomic E-state index is 12.0. The first-order valence-corrected chi connectivity index (χ1v) is 8.34. The van der Waals surface area contributed by atoms with Crippen molar-refractivity contribution >= 4 is 11.9 Å². The number of hydrazine groups is 1. The lowest BCUT2D eigenvalue weighted by atomic mass is 9.92. The minimum Gasteiger partial charge on any atom is -0.466 e. The molecule has 0 bridgehead atoms. The van der Waals surface area contributed by atoms with E-state index in [4.69, 9.17) is 9.47 Å². The molecular weight excluding hydrogens is 345 g/mol. The average molecular weight is 368 g/mol. The second-order valence-electron chi connectivity index (χ2n) is 6.14. The predicted octanol–water partition coefficient (Wildman–Crippen LogP) is 1.38. The van der Waals surface area contributed by atoms with Gasteiger partial charge in [-0.2, -0.15) is 0 Å². The summed E-state index contributed by atoms with van der Waals surface area (Å²) in [6, 6.07) is 0. The monoisotopic (exact) mass is 368 g/mol. The molecule has 1 N–H and O–H groups in total. The lowest BCUT2D eigenvalue weighted by Gasteiger charge is -2.35. The number of piperidine rings is 1. The molecule has 10 heteroatoms. The fourth-order valence-corrected chi connectivity index (χ4v) is 2.83. The minimum absolute atomic E-state index is 0.123. The molecule has 1 saturated heterocycles. The van der Waals surface area contributed by atoms with E-state index in [1.165, 1.54) is 0 Å². The van der Waals surface area contributed by atoms with E-state index in [1.54, 1.807) is 11.9 Å². The number of nitrogens with zero attached hydrogens (tertiary/aromatic N) is 1. The van der Waals surface area contributed by atoms with Gasteiger partial charge in [0.1, 0.15) is 6.61 Å². The van der Waals surface area contributed by atoms with Gasteiger partial charge in [-0.15, -0.1) is 13.2 Å². The van der Waals surface area contributed by atoms with Gasteiger partial charge in [-0.1, -0.05) is 0 Å². The number of esters is 1. The summed E-state index contributed by atoms with van der Waals surface area (Å²) in [5, 5.41) is 1.71. The standard InChI is InChI=1S/C15H23F3N2O5/c1-2-23-14(22)10-3-5-20(6-4-10)19-13(21)9-24-11-7-12(8-11)25-15(16,17)18/h10-12H,2-9H2,1H3,(H,19,21). The van der Waals surface area contributed by atoms with Gasteiger partial charge >= 0.3 is 12.3 Å². The number of carbonyl (C=O) groups is 2. The van der Waals surface area contributed by atoms with E-state index < -0.39 is 18.6 Å². The van der Waals surface area contributed by atoms with Gasteiger partial charge < -0.3 is 9.47 Å². The molecule has 1 aliphatic carbocycles. The number of amides is 1. The van der Waals surface area contributed by atoms with Crippen LogP contribution in [0.2, 0.25) is 0 Å². The fraction of sp³-hybridized carbons (Fsp3) is 0.867. The van der Waals surface area contributed by atoms with Crippen molar-refractivity contribution in [3.63, 3.8) is 0 Å². The van der Waals surface area contributed by atoms with Gasteiger partial charge in [0.2, 0.25) is 0 Å². The molecular formula is C15H23F3N2O5. The molecule has 2 rings (SSSR count). The van der Waals surface area contributed by atoms with Crippen molar-refractivity contribution in [1.82, 2.24) is 10.4 Å². The van der Waals surface area contributed by atoms with E-state index in [-0.39, 0.29) is 37.2 Å². The summed E-state index contributed by atoms with van der Waals surface area (Å²) >= 11 is 0. The minimum atomic E-state index is -4.64. The van der Waals surface area contributed by atoms with Gasteiger partial charge in [0.25, 0.3) is 5.91 Å². The number of carbonyl (C=O) groups excluding carboxylic acids is 2. The SMILES string of the molecule is CCOC(=O)C1CCN(NC(=O)COC2CC(OC(F)(F)F)C2)CC1. The second-order valence-corrected chi connectivity index (χ2v) is 6.14. The Balaban J connectivity index is 1.56. The van der Waals surface area contributed by atoms with Gasteiger partial charge in [0.05, 0.1) is 24.7 Å². The third kappa shape index (κ3) is 6.79. The highest BCUT2D eigenvalue weighted by atomic mass is 19.4. The maximum Gasteiger partial charge on any atom is 0.522 e. The lowest BCUT2D eigenvalue weighted by Crippen LogP contribution is -2.49. The summed E-state index contributed by atoms with van der Waals surface area (Å²) in [5.74, 6) is -0.725. The van der Waals surface area contributed by atoms with Crippen molar-refractivity contribution in [2.45, 2.75) is 51.2 Å². The van der Waals surface area contributed by atoms with E-state index in [2.05, 4.69) is 10.2 Å². The van der Waals surface area contributed by atoms with Crippen LogP contribution < -0.4 is 5.43 Å². The van der Waals surface area contributed by atoms with Crippen LogP contribution in [0.3, 0.4) is 0 Å². The highest BCUT2D eigenvalue weighted by Crippen LogP contribution is 2.31. The van der Waals surface area contributed by atoms with Crippen molar-refractivity contribution in [3.05, 3.63) is 0 Å². The van der Waals surface area contributed by atoms with Crippen molar-refractivity contribution in [3.8, 4) is 0 Å². The number of ether oxygens (including phenoxy) is 3. The molecule has 0 radical (unpaired) electrons. The van der Waals surface area contributed by atoms with Crippen LogP contribution in [-0.2, 0) is 23.8 Å². The van der Waals surface area contributed by atoms with Gasteiger partial charge in [-0.25, -0.2) is 5.01 Å². The van der Waals surface area contributed by atoms with Crippen LogP contribution in [0.1, 0.15) is 32.6 Å². The molecule has 2 aliphatic rings. The number of nitrogens with one attached hydrogen (secondary N) is 1. The average Bonchev–Trinajstić information content (AvgIpc) is 2.49. The summed E-state index contributed by atoms with van der Waals surface area (Å²) in [6.45, 7) is 2.94. The number of halogens is 3. The molecule has 1 saturated carbocycles. The van der Waals surface area contributed by atoms with Gasteiger partial charge in [0, 0.05) is 25.9 Å². The topological polar surface area (TPSA) is 77.1 Å². The Hall–Kier alpha value is -1.39. The number of hydrogen-bond acceptors (Lipinski definition) is 6. The number of alkyl halides is 3. The summed E-state index contributed by atoms with van der Waals surface area (Å²) in [4.78, 5) is 23.4. The first-order chi connectivity index (χ1) is 11.8. The zero-order valence-electron chi connectivity index (χ0n) is 14.0. The Labute approximate surface area is 143 Å². The first-order valence-electron chi connectivity index (χ1n) is 8.34. The smallest absolute Gasteiger partial charge is 0.466 e.